The van der Waals surface area contributed by atoms with Gasteiger partial charge in [-0.05, 0) is 72.8 Å². The summed E-state index contributed by atoms with van der Waals surface area (Å²) in [6.07, 6.45) is -4.73. The number of methoxy groups -OCH3 is 4. The van der Waals surface area contributed by atoms with Crippen molar-refractivity contribution in [3.63, 3.8) is 0 Å². The third kappa shape index (κ3) is 24.0. The Hall–Kier alpha value is -11.4. The number of nitrogens with one attached hydrogen (secondary N) is 2. The first-order valence-electron chi connectivity index (χ1n) is 31.1. The van der Waals surface area contributed by atoms with Gasteiger partial charge in [-0.2, -0.15) is 102 Å². The van der Waals surface area contributed by atoms with Crippen molar-refractivity contribution >= 4 is 177 Å². The molecule has 0 saturated carbocycles. The van der Waals surface area contributed by atoms with Gasteiger partial charge < -0.3 is 54.9 Å². The molecule has 0 unspecified atom stereocenters. The van der Waals surface area contributed by atoms with Crippen LogP contribution in [0.5, 0.6) is 46.0 Å². The van der Waals surface area contributed by atoms with Crippen LogP contribution in [0, 0.1) is 18.2 Å². The van der Waals surface area contributed by atoms with Crippen LogP contribution in [0.2, 0.25) is 0 Å². The monoisotopic (exact) mass is 1950 g/mol. The van der Waals surface area contributed by atoms with E-state index in [0.29, 0.717) is 12.1 Å². The van der Waals surface area contributed by atoms with Crippen molar-refractivity contribution in [2.75, 3.05) is 75.7 Å². The van der Waals surface area contributed by atoms with Gasteiger partial charge in [0.15, 0.2) is 44.3 Å². The van der Waals surface area contributed by atoms with Crippen LogP contribution in [-0.4, -0.2) is 210 Å². The van der Waals surface area contributed by atoms with Crippen molar-refractivity contribution in [2.24, 2.45) is 40.9 Å². The second-order valence-electron chi connectivity index (χ2n) is 23.1. The maximum absolute atomic E-state index is 14.7. The molecule has 10 aromatic rings. The maximum Gasteiger partial charge on any atom is 0.397 e. The molecule has 121 heavy (non-hydrogen) atoms. The molecule has 62 heteroatoms. The van der Waals surface area contributed by atoms with Crippen LogP contribution in [0.25, 0.3) is 21.5 Å². The van der Waals surface area contributed by atoms with Gasteiger partial charge in [0.25, 0.3) is 60.7 Å². The SMILES string of the molecule is COc1cc(N=Nc2cc(S(=O)(=O)O)ccc2O)c(N=Nc2c(S(=O)(=O)O)cc3c(S(=O)(=O)O)c(Nc4nc(F)nc(F)n4)ccc3c2O)cc1OC.COc1cc(N=Nc2cc(S(=O)(=O)O)ccc2O)c(N=Nc2c(S(=O)(=O)O)cc3c(S(=O)(=O)O)c(Nc4nc(F)nc(N(C)CCS(=O)(=O)CCOS(=O)(=O)O)n4)ccc3c2O)cc1OC.[Cu].[Cu]. The number of ether oxygens (including phenoxy) is 4. The molecule has 10 rings (SSSR count). The molecule has 0 spiro atoms. The van der Waals surface area contributed by atoms with E-state index in [1.165, 1.54) is 41.6 Å². The van der Waals surface area contributed by atoms with Gasteiger partial charge >= 0.3 is 28.6 Å². The van der Waals surface area contributed by atoms with Gasteiger partial charge in [-0.3, -0.25) is 31.9 Å². The number of anilines is 5. The Morgan fingerprint density at radius 3 is 1.06 bits per heavy atom. The number of benzene rings is 8. The molecule has 2 aromatic heterocycles. The molecule has 0 saturated heterocycles. The Kier molecular flexibility index (Phi) is 30.2. The molecule has 2 radical (unpaired) electrons. The van der Waals surface area contributed by atoms with Crippen LogP contribution in [0.3, 0.4) is 0 Å². The van der Waals surface area contributed by atoms with Crippen LogP contribution >= 0.6 is 0 Å². The Morgan fingerprint density at radius 2 is 0.727 bits per heavy atom. The van der Waals surface area contributed by atoms with Crippen molar-refractivity contribution in [3.8, 4) is 46.0 Å². The molecule has 0 atom stereocenters. The molecule has 0 amide bonds. The second-order valence-corrected chi connectivity index (χ2v) is 34.8. The predicted octanol–water partition coefficient (Wildman–Crippen LogP) is 8.62. The van der Waals surface area contributed by atoms with Crippen LogP contribution in [0.15, 0.2) is 167 Å². The number of nitrogens with zero attached hydrogens (tertiary/aromatic N) is 15. The summed E-state index contributed by atoms with van der Waals surface area (Å²) >= 11 is 0. The van der Waals surface area contributed by atoms with Gasteiger partial charge in [0, 0.05) is 93.5 Å². The Labute approximate surface area is 699 Å². The van der Waals surface area contributed by atoms with Crippen molar-refractivity contribution in [3.05, 3.63) is 115 Å². The van der Waals surface area contributed by atoms with E-state index in [-0.39, 0.29) is 79.9 Å². The van der Waals surface area contributed by atoms with E-state index in [0.717, 1.165) is 83.8 Å². The normalized spacial score (nSPS) is 12.5. The summed E-state index contributed by atoms with van der Waals surface area (Å²) < 4.78 is 329. The van der Waals surface area contributed by atoms with E-state index in [2.05, 4.69) is 85.6 Å². The van der Waals surface area contributed by atoms with Gasteiger partial charge in [0.2, 0.25) is 17.8 Å². The molecule has 0 bridgehead atoms. The van der Waals surface area contributed by atoms with Crippen molar-refractivity contribution in [2.45, 2.75) is 29.4 Å². The van der Waals surface area contributed by atoms with Crippen molar-refractivity contribution in [1.82, 2.24) is 29.9 Å². The van der Waals surface area contributed by atoms with Crippen LogP contribution in [-0.2, 0) is 119 Å². The van der Waals surface area contributed by atoms with E-state index < -0.39 is 250 Å². The Balaban J connectivity index is 0.000000335. The topological polar surface area (TPSA) is 745 Å². The fourth-order valence-electron chi connectivity index (χ4n) is 10.0. The van der Waals surface area contributed by atoms with Crippen molar-refractivity contribution < 1.29 is 190 Å². The molecular formula is C59H52Cu2F3N17O32S8. The summed E-state index contributed by atoms with van der Waals surface area (Å²) in [6.45, 7) is -1.36. The van der Waals surface area contributed by atoms with E-state index in [4.69, 9.17) is 23.5 Å². The average molecular weight is 1950 g/mol. The number of phenolic OH excluding ortho intramolecular Hbond substituents is 4. The smallest absolute Gasteiger partial charge is 0.397 e. The Morgan fingerprint density at radius 1 is 0.388 bits per heavy atom. The number of hydrogen-bond donors (Lipinski definition) is 13. The summed E-state index contributed by atoms with van der Waals surface area (Å²) in [5.41, 5.74) is -5.56. The first-order valence-corrected chi connectivity index (χ1v) is 43.0. The first kappa shape index (κ1) is 96.7. The summed E-state index contributed by atoms with van der Waals surface area (Å²) in [7, 11) is -34.1. The minimum Gasteiger partial charge on any atom is -0.506 e. The van der Waals surface area contributed by atoms with E-state index >= 15 is 0 Å². The van der Waals surface area contributed by atoms with Crippen molar-refractivity contribution in [1.29, 1.82) is 0 Å². The minimum atomic E-state index is -5.51. The number of halogens is 3. The van der Waals surface area contributed by atoms with Gasteiger partial charge in [-0.1, -0.05) is 0 Å². The third-order valence-electron chi connectivity index (χ3n) is 15.3. The van der Waals surface area contributed by atoms with E-state index in [9.17, 15) is 128 Å². The molecule has 2 heterocycles. The maximum atomic E-state index is 14.7. The number of fused-ring (bicyclic) bond motifs is 2. The van der Waals surface area contributed by atoms with Gasteiger partial charge in [-0.15, -0.1) is 40.9 Å². The third-order valence-corrected chi connectivity index (χ3v) is 22.7. The number of phenols is 4. The van der Waals surface area contributed by atoms with Gasteiger partial charge in [0.05, 0.1) is 67.7 Å². The molecule has 49 nitrogen and oxygen atoms in total. The van der Waals surface area contributed by atoms with Crippen LogP contribution in [0.4, 0.5) is 87.9 Å². The number of sulfone groups is 1. The van der Waals surface area contributed by atoms with E-state index in [1.54, 1.807) is 0 Å². The largest absolute Gasteiger partial charge is 0.506 e. The quantitative estimate of drug-likeness (QED) is 0.0114. The van der Waals surface area contributed by atoms with E-state index in [1.807, 2.05) is 0 Å². The zero-order chi connectivity index (χ0) is 88.2. The number of rotatable bonds is 30. The predicted molar refractivity (Wildman–Crippen MR) is 398 cm³/mol. The fraction of sp³-hybridized carbons (Fsp3) is 0.153. The van der Waals surface area contributed by atoms with Gasteiger partial charge in [0.1, 0.15) is 76.6 Å². The zero-order valence-corrected chi connectivity index (χ0v) is 68.7. The standard InChI is InChI=1S/C32H32FN9O19S5.C27H20F2N8O13S3.2Cu/c1-42(8-10-62(45,46)11-9-61-66(56,57)58)32-36-30(33)35-31(37-32)34-19-6-5-17-18(29(19)65(53,54)55)13-26(64(50,51)52)27(28(17)44)41-39-21-15-25(60-3)24(59-2)14-20(21)38-40-22-12-16(63(47,48)49)4-7-23(22)43;1-49-19-9-15(34-36-17-7-11(51(40,41)42)3-6-18(17)38)16(10-20(19)50-2)35-37-22-21(52(43,44)45)8-13-12(23(22)39)4-5-14(24(13)53(46,47)48)30-27-32-25(28)31-26(29)33-27;;/h4-7,12-15,43-44H,8-11H2,1-3H3,(H,47,48,49)(H,50,51,52)(H,53,54,55)(H,56,57,58)(H,34,35,36,37);3-10,38-39H,1-2H3,(H,40,41,42)(H,43,44,45)(H,46,47,48)(H,30,31,32,33);;. The van der Waals surface area contributed by atoms with Crippen LogP contribution < -0.4 is 34.5 Å². The minimum absolute atomic E-state index is 0. The number of azo groups is 4. The number of hydrogen-bond acceptors (Lipinski definition) is 42. The molecule has 656 valence electrons. The van der Waals surface area contributed by atoms with Crippen LogP contribution in [0.1, 0.15) is 0 Å². The number of aromatic nitrogens is 6. The molecule has 0 aliphatic rings. The fourth-order valence-corrected chi connectivity index (χ4v) is 15.5. The summed E-state index contributed by atoms with van der Waals surface area (Å²) in [4.78, 5) is 14.5. The Bertz CT molecular complexity index is 6910. The molecule has 0 fully saturated rings. The molecule has 8 aromatic carbocycles. The van der Waals surface area contributed by atoms with Gasteiger partial charge in [-0.25, -0.2) is 12.6 Å². The zero-order valence-electron chi connectivity index (χ0n) is 60.3. The summed E-state index contributed by atoms with van der Waals surface area (Å²) in [5.74, 6) is -7.23. The molecule has 13 N–H and O–H groups in total. The summed E-state index contributed by atoms with van der Waals surface area (Å²) in [5, 5.41) is 75.5. The average Bonchev–Trinajstić information content (AvgIpc) is 0.743. The molecule has 0 aliphatic heterocycles. The molecular weight excluding hydrogens is 1900 g/mol. The second kappa shape index (κ2) is 37.7. The summed E-state index contributed by atoms with van der Waals surface area (Å²) in [6, 6.07) is 14.3. The molecule has 0 aliphatic carbocycles. The number of aromatic hydroxyl groups is 4. The first-order chi connectivity index (χ1) is 55.2.